The molecule has 26 heavy (non-hydrogen) atoms. The maximum atomic E-state index is 13.0. The van der Waals surface area contributed by atoms with E-state index in [-0.39, 0.29) is 11.8 Å². The van der Waals surface area contributed by atoms with Gasteiger partial charge in [0.2, 0.25) is 12.0 Å². The Bertz CT molecular complexity index is 737. The molecule has 0 fully saturated rings. The van der Waals surface area contributed by atoms with Crippen LogP contribution in [0.4, 0.5) is 0 Å². The third-order valence-corrected chi connectivity index (χ3v) is 4.48. The molecule has 0 aliphatic heterocycles. The monoisotopic (exact) mass is 418 g/mol. The van der Waals surface area contributed by atoms with Crippen LogP contribution in [0.25, 0.3) is 0 Å². The summed E-state index contributed by atoms with van der Waals surface area (Å²) in [6.07, 6.45) is -0.0566. The molecule has 0 aliphatic rings. The van der Waals surface area contributed by atoms with Crippen LogP contribution in [0.2, 0.25) is 0 Å². The average Bonchev–Trinajstić information content (AvgIpc) is 2.64. The number of carbonyl (C=O) groups is 2. The van der Waals surface area contributed by atoms with Crippen molar-refractivity contribution in [2.24, 2.45) is 0 Å². The fraction of sp³-hybridized carbons (Fsp3) is 0.300. The summed E-state index contributed by atoms with van der Waals surface area (Å²) in [5.41, 5.74) is 0.793. The van der Waals surface area contributed by atoms with Crippen LogP contribution < -0.4 is 10.1 Å². The number of hydrogen-bond donors (Lipinski definition) is 1. The third-order valence-electron chi connectivity index (χ3n) is 3.83. The van der Waals surface area contributed by atoms with E-state index in [2.05, 4.69) is 21.2 Å². The summed E-state index contributed by atoms with van der Waals surface area (Å²) < 4.78 is 6.84. The molecule has 1 N–H and O–H groups in total. The fourth-order valence-corrected chi connectivity index (χ4v) is 2.83. The Morgan fingerprint density at radius 1 is 1.12 bits per heavy atom. The standard InChI is InChI=1S/C20H23BrN2O3/c1-15(24)22-13-8-14-23(2)20(25)19(16-9-4-3-5-10-16)26-18-12-7-6-11-17(18)21/h3-7,9-12,19H,8,13-14H2,1-2H3,(H,22,24). The van der Waals surface area contributed by atoms with Crippen molar-refractivity contribution in [3.05, 3.63) is 64.6 Å². The van der Waals surface area contributed by atoms with E-state index in [1.165, 1.54) is 6.92 Å². The number of likely N-dealkylation sites (N-methyl/N-ethyl adjacent to an activating group) is 1. The number of hydrogen-bond acceptors (Lipinski definition) is 3. The fourth-order valence-electron chi connectivity index (χ4n) is 2.45. The summed E-state index contributed by atoms with van der Waals surface area (Å²) in [6, 6.07) is 16.9. The molecule has 2 rings (SSSR count). The maximum Gasteiger partial charge on any atom is 0.268 e. The topological polar surface area (TPSA) is 58.6 Å². The molecular weight excluding hydrogens is 396 g/mol. The van der Waals surface area contributed by atoms with Crippen LogP contribution in [-0.2, 0) is 9.59 Å². The number of nitrogens with one attached hydrogen (secondary N) is 1. The predicted molar refractivity (Wildman–Crippen MR) is 105 cm³/mol. The van der Waals surface area contributed by atoms with Crippen LogP contribution in [-0.4, -0.2) is 36.9 Å². The van der Waals surface area contributed by atoms with Gasteiger partial charge in [-0.15, -0.1) is 0 Å². The number of carbonyl (C=O) groups excluding carboxylic acids is 2. The molecule has 2 aromatic carbocycles. The largest absolute Gasteiger partial charge is 0.475 e. The van der Waals surface area contributed by atoms with Crippen LogP contribution in [0, 0.1) is 0 Å². The first kappa shape index (κ1) is 20.0. The lowest BCUT2D eigenvalue weighted by molar-refractivity contribution is -0.137. The Kier molecular flexibility index (Phi) is 7.66. The highest BCUT2D eigenvalue weighted by Crippen LogP contribution is 2.30. The summed E-state index contributed by atoms with van der Waals surface area (Å²) in [6.45, 7) is 2.54. The van der Waals surface area contributed by atoms with E-state index >= 15 is 0 Å². The van der Waals surface area contributed by atoms with Crippen LogP contribution in [0.5, 0.6) is 5.75 Å². The maximum absolute atomic E-state index is 13.0. The molecule has 5 nitrogen and oxygen atoms in total. The van der Waals surface area contributed by atoms with Crippen molar-refractivity contribution >= 4 is 27.7 Å². The highest BCUT2D eigenvalue weighted by molar-refractivity contribution is 9.10. The van der Waals surface area contributed by atoms with Crippen LogP contribution in [0.3, 0.4) is 0 Å². The quantitative estimate of drug-likeness (QED) is 0.666. The lowest BCUT2D eigenvalue weighted by atomic mass is 10.1. The minimum atomic E-state index is -0.735. The van der Waals surface area contributed by atoms with Crippen molar-refractivity contribution in [2.45, 2.75) is 19.4 Å². The van der Waals surface area contributed by atoms with Gasteiger partial charge in [-0.2, -0.15) is 0 Å². The van der Waals surface area contributed by atoms with Gasteiger partial charge in [0.1, 0.15) is 5.75 Å². The predicted octanol–water partition coefficient (Wildman–Crippen LogP) is 3.55. The summed E-state index contributed by atoms with van der Waals surface area (Å²) in [4.78, 5) is 25.6. The van der Waals surface area contributed by atoms with Crippen LogP contribution >= 0.6 is 15.9 Å². The van der Waals surface area contributed by atoms with Gasteiger partial charge in [0.25, 0.3) is 5.91 Å². The third kappa shape index (κ3) is 5.88. The molecular formula is C20H23BrN2O3. The van der Waals surface area contributed by atoms with Crippen molar-refractivity contribution in [3.8, 4) is 5.75 Å². The minimum Gasteiger partial charge on any atom is -0.475 e. The van der Waals surface area contributed by atoms with E-state index in [4.69, 9.17) is 4.74 Å². The van der Waals surface area contributed by atoms with E-state index in [1.807, 2.05) is 54.6 Å². The van der Waals surface area contributed by atoms with Gasteiger partial charge in [0.05, 0.1) is 4.47 Å². The molecule has 0 saturated heterocycles. The van der Waals surface area contributed by atoms with Gasteiger partial charge in [-0.25, -0.2) is 0 Å². The van der Waals surface area contributed by atoms with Crippen molar-refractivity contribution in [1.82, 2.24) is 10.2 Å². The number of benzene rings is 2. The van der Waals surface area contributed by atoms with Crippen LogP contribution in [0.15, 0.2) is 59.1 Å². The van der Waals surface area contributed by atoms with Gasteiger partial charge in [-0.05, 0) is 34.5 Å². The summed E-state index contributed by atoms with van der Waals surface area (Å²) in [5, 5.41) is 2.73. The van der Waals surface area contributed by atoms with E-state index in [9.17, 15) is 9.59 Å². The number of nitrogens with zero attached hydrogens (tertiary/aromatic N) is 1. The van der Waals surface area contributed by atoms with Gasteiger partial charge in [-0.1, -0.05) is 42.5 Å². The summed E-state index contributed by atoms with van der Waals surface area (Å²) in [5.74, 6) is 0.412. The van der Waals surface area contributed by atoms with E-state index in [1.54, 1.807) is 11.9 Å². The van der Waals surface area contributed by atoms with Gasteiger partial charge in [0, 0.05) is 32.6 Å². The van der Waals surface area contributed by atoms with Crippen molar-refractivity contribution in [3.63, 3.8) is 0 Å². The van der Waals surface area contributed by atoms with Crippen LogP contribution in [0.1, 0.15) is 25.0 Å². The van der Waals surface area contributed by atoms with Gasteiger partial charge >= 0.3 is 0 Å². The first-order valence-corrected chi connectivity index (χ1v) is 9.24. The van der Waals surface area contributed by atoms with E-state index < -0.39 is 6.10 Å². The Morgan fingerprint density at radius 3 is 2.42 bits per heavy atom. The van der Waals surface area contributed by atoms with Gasteiger partial charge < -0.3 is 15.0 Å². The number of rotatable bonds is 8. The van der Waals surface area contributed by atoms with E-state index in [0.717, 1.165) is 10.0 Å². The van der Waals surface area contributed by atoms with Gasteiger partial charge in [-0.3, -0.25) is 9.59 Å². The first-order valence-electron chi connectivity index (χ1n) is 8.44. The second-order valence-electron chi connectivity index (χ2n) is 5.94. The zero-order valence-corrected chi connectivity index (χ0v) is 16.5. The normalized spacial score (nSPS) is 11.5. The lowest BCUT2D eigenvalue weighted by Gasteiger charge is -2.25. The van der Waals surface area contributed by atoms with Crippen molar-refractivity contribution in [1.29, 1.82) is 0 Å². The SMILES string of the molecule is CC(=O)NCCCN(C)C(=O)C(Oc1ccccc1Br)c1ccccc1. The zero-order chi connectivity index (χ0) is 18.9. The van der Waals surface area contributed by atoms with Crippen molar-refractivity contribution in [2.75, 3.05) is 20.1 Å². The molecule has 0 aliphatic carbocycles. The molecule has 2 aromatic rings. The Hall–Kier alpha value is -2.34. The Balaban J connectivity index is 2.11. The Labute approximate surface area is 162 Å². The number of ether oxygens (including phenoxy) is 1. The molecule has 0 saturated carbocycles. The molecule has 6 heteroatoms. The van der Waals surface area contributed by atoms with Crippen molar-refractivity contribution < 1.29 is 14.3 Å². The molecule has 0 spiro atoms. The number of amides is 2. The Morgan fingerprint density at radius 2 is 1.77 bits per heavy atom. The second kappa shape index (κ2) is 9.97. The first-order chi connectivity index (χ1) is 12.5. The average molecular weight is 419 g/mol. The summed E-state index contributed by atoms with van der Waals surface area (Å²) >= 11 is 3.46. The lowest BCUT2D eigenvalue weighted by Crippen LogP contribution is -2.36. The summed E-state index contributed by atoms with van der Waals surface area (Å²) in [7, 11) is 1.75. The van der Waals surface area contributed by atoms with E-state index in [0.29, 0.717) is 25.3 Å². The molecule has 1 unspecified atom stereocenters. The molecule has 1 atom stereocenters. The highest BCUT2D eigenvalue weighted by atomic mass is 79.9. The second-order valence-corrected chi connectivity index (χ2v) is 6.79. The smallest absolute Gasteiger partial charge is 0.268 e. The zero-order valence-electron chi connectivity index (χ0n) is 14.9. The number of halogens is 1. The molecule has 0 heterocycles. The molecule has 0 bridgehead atoms. The molecule has 0 radical (unpaired) electrons. The number of para-hydroxylation sites is 1. The molecule has 0 aromatic heterocycles. The minimum absolute atomic E-state index is 0.0709. The molecule has 2 amide bonds. The molecule has 138 valence electrons. The highest BCUT2D eigenvalue weighted by Gasteiger charge is 2.26. The van der Waals surface area contributed by atoms with Gasteiger partial charge in [0.15, 0.2) is 0 Å².